The molecule has 26 heavy (non-hydrogen) atoms. The number of imidazole rings is 1. The van der Waals surface area contributed by atoms with Crippen LogP contribution in [0.15, 0.2) is 40.4 Å². The number of benzene rings is 1. The molecule has 0 radical (unpaired) electrons. The van der Waals surface area contributed by atoms with Crippen LogP contribution in [0.25, 0.3) is 0 Å². The molecule has 0 spiro atoms. The van der Waals surface area contributed by atoms with Crippen LogP contribution in [-0.2, 0) is 27.8 Å². The van der Waals surface area contributed by atoms with E-state index < -0.39 is 10.0 Å². The van der Waals surface area contributed by atoms with Crippen LogP contribution in [0.4, 0.5) is 5.69 Å². The van der Waals surface area contributed by atoms with Gasteiger partial charge in [-0.25, -0.2) is 18.1 Å². The number of hydrogen-bond donors (Lipinski definition) is 2. The molecule has 0 saturated carbocycles. The van der Waals surface area contributed by atoms with Gasteiger partial charge in [-0.2, -0.15) is 0 Å². The molecule has 140 valence electrons. The van der Waals surface area contributed by atoms with E-state index in [0.717, 1.165) is 17.1 Å². The third-order valence-corrected chi connectivity index (χ3v) is 6.64. The summed E-state index contributed by atoms with van der Waals surface area (Å²) in [5.41, 5.74) is 0.561. The molecule has 0 atom stereocenters. The van der Waals surface area contributed by atoms with Crippen LogP contribution in [-0.4, -0.2) is 36.2 Å². The van der Waals surface area contributed by atoms with E-state index in [0.29, 0.717) is 37.4 Å². The molecule has 9 heteroatoms. The van der Waals surface area contributed by atoms with Crippen LogP contribution in [0.1, 0.15) is 25.6 Å². The molecule has 3 rings (SSSR count). The zero-order valence-corrected chi connectivity index (χ0v) is 16.2. The van der Waals surface area contributed by atoms with E-state index >= 15 is 0 Å². The van der Waals surface area contributed by atoms with Gasteiger partial charge >= 0.3 is 0 Å². The molecule has 0 unspecified atom stereocenters. The summed E-state index contributed by atoms with van der Waals surface area (Å²) in [6.07, 6.45) is 5.59. The minimum absolute atomic E-state index is 0.0918. The summed E-state index contributed by atoms with van der Waals surface area (Å²) in [5, 5.41) is 2.77. The number of rotatable bonds is 7. The topological polar surface area (TPSA) is 93.1 Å². The van der Waals surface area contributed by atoms with Crippen molar-refractivity contribution >= 4 is 33.4 Å². The highest BCUT2D eigenvalue weighted by atomic mass is 32.2. The number of aromatic nitrogens is 2. The smallest absolute Gasteiger partial charge is 0.240 e. The highest BCUT2D eigenvalue weighted by Crippen LogP contribution is 2.32. The van der Waals surface area contributed by atoms with E-state index in [1.165, 1.54) is 6.07 Å². The Hall–Kier alpha value is -1.84. The van der Waals surface area contributed by atoms with Crippen molar-refractivity contribution in [2.24, 2.45) is 0 Å². The Morgan fingerprint density at radius 1 is 1.38 bits per heavy atom. The highest BCUT2D eigenvalue weighted by molar-refractivity contribution is 7.99. The number of aryl methyl sites for hydroxylation is 2. The summed E-state index contributed by atoms with van der Waals surface area (Å²) in [7, 11) is -3.62. The molecule has 0 saturated heterocycles. The second kappa shape index (κ2) is 8.24. The first-order valence-corrected chi connectivity index (χ1v) is 11.0. The average molecular weight is 395 g/mol. The van der Waals surface area contributed by atoms with Crippen molar-refractivity contribution in [3.8, 4) is 0 Å². The van der Waals surface area contributed by atoms with Gasteiger partial charge < -0.3 is 9.88 Å². The number of carbonyl (C=O) groups is 1. The predicted octanol–water partition coefficient (Wildman–Crippen LogP) is 2.25. The van der Waals surface area contributed by atoms with E-state index in [9.17, 15) is 13.2 Å². The summed E-state index contributed by atoms with van der Waals surface area (Å²) in [5.74, 6) is 1.59. The van der Waals surface area contributed by atoms with Gasteiger partial charge in [0.2, 0.25) is 15.9 Å². The van der Waals surface area contributed by atoms with Crippen molar-refractivity contribution in [2.45, 2.75) is 42.5 Å². The van der Waals surface area contributed by atoms with Crippen molar-refractivity contribution in [1.82, 2.24) is 14.3 Å². The van der Waals surface area contributed by atoms with Crippen LogP contribution in [0.2, 0.25) is 0 Å². The minimum atomic E-state index is -3.62. The van der Waals surface area contributed by atoms with E-state index in [4.69, 9.17) is 0 Å². The van der Waals surface area contributed by atoms with Crippen molar-refractivity contribution in [2.75, 3.05) is 17.6 Å². The fraction of sp³-hybridized carbons (Fsp3) is 0.412. The molecule has 2 aromatic rings. The lowest BCUT2D eigenvalue weighted by atomic mass is 10.3. The molecule has 1 aromatic heterocycles. The predicted molar refractivity (Wildman–Crippen MR) is 102 cm³/mol. The third-order valence-electron chi connectivity index (χ3n) is 4.11. The summed E-state index contributed by atoms with van der Waals surface area (Å²) < 4.78 is 29.7. The number of nitrogens with one attached hydrogen (secondary N) is 2. The maximum Gasteiger partial charge on any atom is 0.240 e. The third kappa shape index (κ3) is 4.46. The molecule has 1 aromatic carbocycles. The van der Waals surface area contributed by atoms with Gasteiger partial charge in [0.15, 0.2) is 0 Å². The summed E-state index contributed by atoms with van der Waals surface area (Å²) >= 11 is 1.55. The van der Waals surface area contributed by atoms with Crippen LogP contribution < -0.4 is 10.0 Å². The Morgan fingerprint density at radius 3 is 3.04 bits per heavy atom. The van der Waals surface area contributed by atoms with Crippen molar-refractivity contribution in [1.29, 1.82) is 0 Å². The molecule has 1 aliphatic rings. The number of fused-ring (bicyclic) bond motifs is 1. The van der Waals surface area contributed by atoms with Crippen molar-refractivity contribution in [3.63, 3.8) is 0 Å². The minimum Gasteiger partial charge on any atom is -0.335 e. The highest BCUT2D eigenvalue weighted by Gasteiger charge is 2.19. The fourth-order valence-electron chi connectivity index (χ4n) is 2.76. The van der Waals surface area contributed by atoms with Gasteiger partial charge in [0.25, 0.3) is 0 Å². The quantitative estimate of drug-likeness (QED) is 0.703. The summed E-state index contributed by atoms with van der Waals surface area (Å²) in [4.78, 5) is 17.0. The Kier molecular flexibility index (Phi) is 6.00. The first kappa shape index (κ1) is 18.9. The molecule has 0 fully saturated rings. The van der Waals surface area contributed by atoms with Crippen LogP contribution in [0.5, 0.6) is 0 Å². The molecule has 1 amide bonds. The lowest BCUT2D eigenvalue weighted by Gasteiger charge is -2.11. The Morgan fingerprint density at radius 2 is 2.23 bits per heavy atom. The van der Waals surface area contributed by atoms with Gasteiger partial charge in [0, 0.05) is 49.0 Å². The molecular weight excluding hydrogens is 372 g/mol. The summed E-state index contributed by atoms with van der Waals surface area (Å²) in [6, 6.07) is 4.86. The van der Waals surface area contributed by atoms with E-state index in [-0.39, 0.29) is 10.8 Å². The molecule has 0 aliphatic carbocycles. The number of anilines is 1. The number of sulfonamides is 1. The number of nitrogens with zero attached hydrogens (tertiary/aromatic N) is 2. The average Bonchev–Trinajstić information content (AvgIpc) is 2.98. The standard InChI is InChI=1S/C17H22N4O3S2/c1-2-16-18-8-10-21(16)9-3-7-19-26(23,24)13-4-5-15-14(12-13)20-17(22)6-11-25-15/h4-5,8,10,12,19H,2-3,6-7,9,11H2,1H3,(H,20,22). The van der Waals surface area contributed by atoms with Gasteiger partial charge in [-0.1, -0.05) is 6.92 Å². The van der Waals surface area contributed by atoms with Gasteiger partial charge in [0.05, 0.1) is 10.6 Å². The molecule has 7 nitrogen and oxygen atoms in total. The van der Waals surface area contributed by atoms with Crippen LogP contribution in [0.3, 0.4) is 0 Å². The fourth-order valence-corrected chi connectivity index (χ4v) is 4.80. The maximum absolute atomic E-state index is 12.5. The lowest BCUT2D eigenvalue weighted by Crippen LogP contribution is -2.26. The SMILES string of the molecule is CCc1nccn1CCCNS(=O)(=O)c1ccc2c(c1)NC(=O)CCS2. The number of carbonyl (C=O) groups excluding carboxylic acids is 1. The first-order valence-electron chi connectivity index (χ1n) is 8.56. The Labute approximate surface area is 157 Å². The molecular formula is C17H22N4O3S2. The van der Waals surface area contributed by atoms with Crippen molar-refractivity contribution < 1.29 is 13.2 Å². The zero-order valence-electron chi connectivity index (χ0n) is 14.6. The Bertz CT molecular complexity index is 893. The second-order valence-electron chi connectivity index (χ2n) is 5.95. The van der Waals surface area contributed by atoms with Gasteiger partial charge in [0.1, 0.15) is 5.82 Å². The van der Waals surface area contributed by atoms with Crippen molar-refractivity contribution in [3.05, 3.63) is 36.4 Å². The van der Waals surface area contributed by atoms with Crippen LogP contribution in [0, 0.1) is 0 Å². The van der Waals surface area contributed by atoms with Crippen LogP contribution >= 0.6 is 11.8 Å². The number of amides is 1. The van der Waals surface area contributed by atoms with E-state index in [1.54, 1.807) is 30.1 Å². The maximum atomic E-state index is 12.5. The molecule has 2 N–H and O–H groups in total. The van der Waals surface area contributed by atoms with E-state index in [1.807, 2.05) is 17.7 Å². The second-order valence-corrected chi connectivity index (χ2v) is 8.85. The number of hydrogen-bond acceptors (Lipinski definition) is 5. The largest absolute Gasteiger partial charge is 0.335 e. The van der Waals surface area contributed by atoms with Gasteiger partial charge in [-0.3, -0.25) is 4.79 Å². The molecule has 2 heterocycles. The lowest BCUT2D eigenvalue weighted by molar-refractivity contribution is -0.115. The van der Waals surface area contributed by atoms with Gasteiger partial charge in [-0.05, 0) is 24.6 Å². The van der Waals surface area contributed by atoms with E-state index in [2.05, 4.69) is 15.0 Å². The Balaban J connectivity index is 1.62. The monoisotopic (exact) mass is 394 g/mol. The number of thioether (sulfide) groups is 1. The zero-order chi connectivity index (χ0) is 18.6. The van der Waals surface area contributed by atoms with Gasteiger partial charge in [-0.15, -0.1) is 11.8 Å². The first-order chi connectivity index (χ1) is 12.5. The molecule has 0 bridgehead atoms. The normalized spacial score (nSPS) is 14.6. The molecule has 1 aliphatic heterocycles. The summed E-state index contributed by atoms with van der Waals surface area (Å²) in [6.45, 7) is 3.08.